The number of aromatic amines is 1. The van der Waals surface area contributed by atoms with Gasteiger partial charge in [-0.3, -0.25) is 9.69 Å². The molecule has 1 saturated heterocycles. The Bertz CT molecular complexity index is 908. The van der Waals surface area contributed by atoms with E-state index in [1.54, 1.807) is 18.6 Å². The number of nitrogens with zero attached hydrogens (tertiary/aromatic N) is 2. The molecule has 1 atom stereocenters. The molecule has 5 nitrogen and oxygen atoms in total. The van der Waals surface area contributed by atoms with E-state index >= 15 is 0 Å². The lowest BCUT2D eigenvalue weighted by Crippen LogP contribution is -2.39. The van der Waals surface area contributed by atoms with Crippen molar-refractivity contribution in [2.75, 3.05) is 11.9 Å². The molecule has 1 aromatic heterocycles. The van der Waals surface area contributed by atoms with E-state index in [1.165, 1.54) is 12.1 Å². The molecule has 6 heteroatoms. The number of nitrogens with one attached hydrogen (secondary N) is 2. The number of anilines is 1. The minimum absolute atomic E-state index is 0.00511. The third-order valence-electron chi connectivity index (χ3n) is 4.90. The molecule has 0 radical (unpaired) electrons. The van der Waals surface area contributed by atoms with Gasteiger partial charge in [0.2, 0.25) is 5.91 Å². The Balaban J connectivity index is 1.41. The number of likely N-dealkylation sites (tertiary alicyclic amines) is 1. The maximum Gasteiger partial charge on any atom is 0.241 e. The van der Waals surface area contributed by atoms with E-state index in [-0.39, 0.29) is 17.8 Å². The second-order valence-electron chi connectivity index (χ2n) is 6.78. The molecule has 0 unspecified atom stereocenters. The van der Waals surface area contributed by atoms with Crippen molar-refractivity contribution in [2.45, 2.75) is 25.4 Å². The maximum atomic E-state index is 13.4. The molecule has 1 aliphatic rings. The standard InChI is InChI=1S/C21H21FN4O/c22-17-4-1-3-16(11-17)15-6-8-18(9-7-15)25-21(27)20-5-2-10-26(20)13-19-12-23-14-24-19/h1,3-4,6-9,11-12,14,20H,2,5,10,13H2,(H,23,24)(H,25,27)/t20-/m1/s1. The molecule has 1 amide bonds. The van der Waals surface area contributed by atoms with Crippen molar-refractivity contribution in [2.24, 2.45) is 0 Å². The summed E-state index contributed by atoms with van der Waals surface area (Å²) < 4.78 is 13.4. The predicted octanol–water partition coefficient (Wildman–Crippen LogP) is 3.82. The Kier molecular flexibility index (Phi) is 4.98. The zero-order valence-corrected chi connectivity index (χ0v) is 14.9. The van der Waals surface area contributed by atoms with Gasteiger partial charge in [0.15, 0.2) is 0 Å². The number of carbonyl (C=O) groups is 1. The van der Waals surface area contributed by atoms with Gasteiger partial charge in [0.05, 0.1) is 12.4 Å². The van der Waals surface area contributed by atoms with Crippen LogP contribution < -0.4 is 5.32 Å². The highest BCUT2D eigenvalue weighted by molar-refractivity contribution is 5.95. The van der Waals surface area contributed by atoms with Crippen LogP contribution in [0.15, 0.2) is 61.1 Å². The average Bonchev–Trinajstić information content (AvgIpc) is 3.35. The molecular weight excluding hydrogens is 343 g/mol. The summed E-state index contributed by atoms with van der Waals surface area (Å²) in [5.41, 5.74) is 3.48. The smallest absolute Gasteiger partial charge is 0.241 e. The van der Waals surface area contributed by atoms with E-state index in [2.05, 4.69) is 20.2 Å². The van der Waals surface area contributed by atoms with Crippen molar-refractivity contribution < 1.29 is 9.18 Å². The molecule has 3 aromatic rings. The van der Waals surface area contributed by atoms with Crippen molar-refractivity contribution in [3.05, 3.63) is 72.6 Å². The van der Waals surface area contributed by atoms with Crippen LogP contribution in [0.5, 0.6) is 0 Å². The number of carbonyl (C=O) groups excluding carboxylic acids is 1. The van der Waals surface area contributed by atoms with Gasteiger partial charge < -0.3 is 10.3 Å². The number of aromatic nitrogens is 2. The number of H-pyrrole nitrogens is 1. The summed E-state index contributed by atoms with van der Waals surface area (Å²) in [6, 6.07) is 13.8. The summed E-state index contributed by atoms with van der Waals surface area (Å²) in [5.74, 6) is -0.256. The van der Waals surface area contributed by atoms with E-state index < -0.39 is 0 Å². The van der Waals surface area contributed by atoms with Crippen molar-refractivity contribution in [1.82, 2.24) is 14.9 Å². The van der Waals surface area contributed by atoms with Crippen LogP contribution in [0.4, 0.5) is 10.1 Å². The van der Waals surface area contributed by atoms with Crippen molar-refractivity contribution in [1.29, 1.82) is 0 Å². The molecule has 27 heavy (non-hydrogen) atoms. The largest absolute Gasteiger partial charge is 0.347 e. The fourth-order valence-electron chi connectivity index (χ4n) is 3.54. The first-order chi connectivity index (χ1) is 13.2. The number of amides is 1. The van der Waals surface area contributed by atoms with E-state index in [4.69, 9.17) is 0 Å². The van der Waals surface area contributed by atoms with Gasteiger partial charge in [0.1, 0.15) is 5.82 Å². The molecule has 4 rings (SSSR count). The molecule has 1 aliphatic heterocycles. The van der Waals surface area contributed by atoms with Gasteiger partial charge in [-0.25, -0.2) is 9.37 Å². The van der Waals surface area contributed by atoms with E-state index in [1.807, 2.05) is 30.3 Å². The summed E-state index contributed by atoms with van der Waals surface area (Å²) in [6.07, 6.45) is 5.30. The first-order valence-electron chi connectivity index (χ1n) is 9.07. The molecule has 2 N–H and O–H groups in total. The third-order valence-corrected chi connectivity index (χ3v) is 4.90. The Hall–Kier alpha value is -2.99. The maximum absolute atomic E-state index is 13.4. The van der Waals surface area contributed by atoms with Gasteiger partial charge in [0.25, 0.3) is 0 Å². The molecular formula is C21H21FN4O. The Morgan fingerprint density at radius 1 is 1.22 bits per heavy atom. The monoisotopic (exact) mass is 364 g/mol. The summed E-state index contributed by atoms with van der Waals surface area (Å²) in [7, 11) is 0. The van der Waals surface area contributed by atoms with E-state index in [0.717, 1.165) is 41.9 Å². The van der Waals surface area contributed by atoms with Crippen molar-refractivity contribution >= 4 is 11.6 Å². The quantitative estimate of drug-likeness (QED) is 0.724. The lowest BCUT2D eigenvalue weighted by atomic mass is 10.1. The van der Waals surface area contributed by atoms with Gasteiger partial charge in [-0.05, 0) is 54.8 Å². The predicted molar refractivity (Wildman–Crippen MR) is 102 cm³/mol. The molecule has 0 spiro atoms. The van der Waals surface area contributed by atoms with E-state index in [0.29, 0.717) is 6.54 Å². The zero-order valence-electron chi connectivity index (χ0n) is 14.9. The Morgan fingerprint density at radius 3 is 2.81 bits per heavy atom. The third kappa shape index (κ3) is 4.06. The first kappa shape index (κ1) is 17.4. The average molecular weight is 364 g/mol. The fourth-order valence-corrected chi connectivity index (χ4v) is 3.54. The molecule has 0 aliphatic carbocycles. The summed E-state index contributed by atoms with van der Waals surface area (Å²) in [4.78, 5) is 22.0. The van der Waals surface area contributed by atoms with Crippen LogP contribution in [0, 0.1) is 5.82 Å². The normalized spacial score (nSPS) is 17.1. The van der Waals surface area contributed by atoms with Crippen LogP contribution in [-0.4, -0.2) is 33.4 Å². The highest BCUT2D eigenvalue weighted by Crippen LogP contribution is 2.24. The van der Waals surface area contributed by atoms with Crippen LogP contribution in [0.1, 0.15) is 18.5 Å². The zero-order chi connectivity index (χ0) is 18.6. The Labute approximate surface area is 157 Å². The number of halogens is 1. The van der Waals surface area contributed by atoms with Crippen LogP contribution >= 0.6 is 0 Å². The SMILES string of the molecule is O=C(Nc1ccc(-c2cccc(F)c2)cc1)[C@H]1CCCN1Cc1cnc[nH]1. The van der Waals surface area contributed by atoms with Crippen molar-refractivity contribution in [3.8, 4) is 11.1 Å². The second-order valence-corrected chi connectivity index (χ2v) is 6.78. The molecule has 138 valence electrons. The van der Waals surface area contributed by atoms with Gasteiger partial charge in [-0.15, -0.1) is 0 Å². The van der Waals surface area contributed by atoms with Gasteiger partial charge in [0, 0.05) is 24.1 Å². The second kappa shape index (κ2) is 7.72. The van der Waals surface area contributed by atoms with Gasteiger partial charge in [-0.1, -0.05) is 24.3 Å². The lowest BCUT2D eigenvalue weighted by molar-refractivity contribution is -0.120. The van der Waals surface area contributed by atoms with Crippen LogP contribution in [0.3, 0.4) is 0 Å². The van der Waals surface area contributed by atoms with E-state index in [9.17, 15) is 9.18 Å². The Morgan fingerprint density at radius 2 is 2.07 bits per heavy atom. The summed E-state index contributed by atoms with van der Waals surface area (Å²) in [5, 5.41) is 3.00. The topological polar surface area (TPSA) is 61.0 Å². The number of hydrogen-bond donors (Lipinski definition) is 2. The molecule has 0 saturated carbocycles. The molecule has 1 fully saturated rings. The number of imidazole rings is 1. The molecule has 2 aromatic carbocycles. The van der Waals surface area contributed by atoms with Gasteiger partial charge in [-0.2, -0.15) is 0 Å². The highest BCUT2D eigenvalue weighted by Gasteiger charge is 2.30. The number of rotatable bonds is 5. The van der Waals surface area contributed by atoms with Crippen LogP contribution in [0.2, 0.25) is 0 Å². The fraction of sp³-hybridized carbons (Fsp3) is 0.238. The van der Waals surface area contributed by atoms with Crippen LogP contribution in [0.25, 0.3) is 11.1 Å². The van der Waals surface area contributed by atoms with Gasteiger partial charge >= 0.3 is 0 Å². The lowest BCUT2D eigenvalue weighted by Gasteiger charge is -2.23. The summed E-state index contributed by atoms with van der Waals surface area (Å²) in [6.45, 7) is 1.59. The minimum atomic E-state index is -0.261. The van der Waals surface area contributed by atoms with Crippen LogP contribution in [-0.2, 0) is 11.3 Å². The minimum Gasteiger partial charge on any atom is -0.347 e. The van der Waals surface area contributed by atoms with Crippen molar-refractivity contribution in [3.63, 3.8) is 0 Å². The first-order valence-corrected chi connectivity index (χ1v) is 9.07. The molecule has 2 heterocycles. The highest BCUT2D eigenvalue weighted by atomic mass is 19.1. The summed E-state index contributed by atoms with van der Waals surface area (Å²) >= 11 is 0. The number of hydrogen-bond acceptors (Lipinski definition) is 3. The number of benzene rings is 2. The molecule has 0 bridgehead atoms.